The number of hydrogen-bond acceptors (Lipinski definition) is 6. The van der Waals surface area contributed by atoms with E-state index >= 15 is 0 Å². The second kappa shape index (κ2) is 6.55. The molecule has 0 spiro atoms. The molecule has 0 bridgehead atoms. The minimum absolute atomic E-state index is 0.193. The van der Waals surface area contributed by atoms with Crippen molar-refractivity contribution >= 4 is 17.5 Å². The normalized spacial score (nSPS) is 22.5. The zero-order valence-corrected chi connectivity index (χ0v) is 13.3. The van der Waals surface area contributed by atoms with Crippen molar-refractivity contribution in [1.82, 2.24) is 4.90 Å². The fraction of sp³-hybridized carbons (Fsp3) is 0.500. The van der Waals surface area contributed by atoms with Gasteiger partial charge in [0.05, 0.1) is 45.6 Å². The molecule has 2 fully saturated rings. The number of carbonyl (C=O) groups is 2. The van der Waals surface area contributed by atoms with Crippen molar-refractivity contribution < 1.29 is 23.8 Å². The predicted octanol–water partition coefficient (Wildman–Crippen LogP) is 0.668. The van der Waals surface area contributed by atoms with Gasteiger partial charge >= 0.3 is 0 Å². The fourth-order valence-corrected chi connectivity index (χ4v) is 2.98. The van der Waals surface area contributed by atoms with Gasteiger partial charge < -0.3 is 14.2 Å². The molecule has 7 nitrogen and oxygen atoms in total. The predicted molar refractivity (Wildman–Crippen MR) is 82.8 cm³/mol. The van der Waals surface area contributed by atoms with Crippen LogP contribution in [-0.2, 0) is 14.3 Å². The summed E-state index contributed by atoms with van der Waals surface area (Å²) < 4.78 is 15.7. The summed E-state index contributed by atoms with van der Waals surface area (Å²) in [5.74, 6) is 0.665. The largest absolute Gasteiger partial charge is 0.497 e. The molecule has 0 saturated carbocycles. The lowest BCUT2D eigenvalue weighted by Gasteiger charge is -2.30. The smallest absolute Gasteiger partial charge is 0.251 e. The van der Waals surface area contributed by atoms with Crippen LogP contribution >= 0.6 is 0 Å². The van der Waals surface area contributed by atoms with Gasteiger partial charge in [0.2, 0.25) is 5.91 Å². The first kappa shape index (κ1) is 15.8. The number of carbonyl (C=O) groups excluding carboxylic acids is 2. The average molecular weight is 320 g/mol. The van der Waals surface area contributed by atoms with Crippen LogP contribution in [0.3, 0.4) is 0 Å². The third-order valence-electron chi connectivity index (χ3n) is 4.20. The topological polar surface area (TPSA) is 68.3 Å². The molecule has 2 aliphatic heterocycles. The van der Waals surface area contributed by atoms with Crippen LogP contribution in [0.25, 0.3) is 0 Å². The highest BCUT2D eigenvalue weighted by molar-refractivity contribution is 6.22. The van der Waals surface area contributed by atoms with Crippen molar-refractivity contribution in [3.63, 3.8) is 0 Å². The summed E-state index contributed by atoms with van der Waals surface area (Å²) in [4.78, 5) is 28.4. The van der Waals surface area contributed by atoms with Crippen molar-refractivity contribution in [2.75, 3.05) is 45.4 Å². The number of hydrogen-bond donors (Lipinski definition) is 0. The Morgan fingerprint density at radius 1 is 1.04 bits per heavy atom. The molecular formula is C16H20N2O5. The lowest BCUT2D eigenvalue weighted by atomic mass is 10.2. The van der Waals surface area contributed by atoms with Gasteiger partial charge in [-0.05, 0) is 0 Å². The standard InChI is InChI=1S/C16H20N2O5/c1-21-12-7-11(8-13(9-12)22-2)18-15(19)10-14(16(18)20)17-3-5-23-6-4-17/h7-9,14H,3-6,10H2,1-2H3. The maximum atomic E-state index is 12.8. The van der Waals surface area contributed by atoms with E-state index in [2.05, 4.69) is 0 Å². The van der Waals surface area contributed by atoms with E-state index in [1.165, 1.54) is 19.1 Å². The third kappa shape index (κ3) is 3.02. The summed E-state index contributed by atoms with van der Waals surface area (Å²) in [7, 11) is 3.06. The number of rotatable bonds is 4. The van der Waals surface area contributed by atoms with Crippen molar-refractivity contribution in [1.29, 1.82) is 0 Å². The van der Waals surface area contributed by atoms with E-state index < -0.39 is 6.04 Å². The minimum Gasteiger partial charge on any atom is -0.497 e. The van der Waals surface area contributed by atoms with Gasteiger partial charge in [-0.2, -0.15) is 0 Å². The molecule has 1 unspecified atom stereocenters. The van der Waals surface area contributed by atoms with Crippen molar-refractivity contribution in [3.05, 3.63) is 18.2 Å². The summed E-state index contributed by atoms with van der Waals surface area (Å²) >= 11 is 0. The molecule has 124 valence electrons. The second-order valence-electron chi connectivity index (χ2n) is 5.51. The Morgan fingerprint density at radius 3 is 2.22 bits per heavy atom. The molecule has 0 aliphatic carbocycles. The molecule has 2 amide bonds. The Labute approximate surface area is 134 Å². The number of imide groups is 1. The SMILES string of the molecule is COc1cc(OC)cc(N2C(=O)CC(N3CCOCC3)C2=O)c1. The van der Waals surface area contributed by atoms with Crippen LogP contribution in [-0.4, -0.2) is 63.3 Å². The molecule has 2 saturated heterocycles. The zero-order chi connectivity index (χ0) is 16.4. The average Bonchev–Trinajstić information content (AvgIpc) is 2.89. The first-order chi connectivity index (χ1) is 11.1. The van der Waals surface area contributed by atoms with Crippen LogP contribution in [0.5, 0.6) is 11.5 Å². The molecule has 7 heteroatoms. The molecule has 2 aliphatic rings. The minimum atomic E-state index is -0.413. The molecule has 1 aromatic rings. The zero-order valence-electron chi connectivity index (χ0n) is 13.3. The van der Waals surface area contributed by atoms with Gasteiger partial charge in [0, 0.05) is 31.3 Å². The van der Waals surface area contributed by atoms with Gasteiger partial charge in [-0.3, -0.25) is 14.5 Å². The van der Waals surface area contributed by atoms with Crippen LogP contribution in [0.15, 0.2) is 18.2 Å². The number of benzene rings is 1. The van der Waals surface area contributed by atoms with Crippen LogP contribution in [0.2, 0.25) is 0 Å². The number of morpholine rings is 1. The van der Waals surface area contributed by atoms with Crippen molar-refractivity contribution in [3.8, 4) is 11.5 Å². The van der Waals surface area contributed by atoms with E-state index in [9.17, 15) is 9.59 Å². The molecule has 2 heterocycles. The van der Waals surface area contributed by atoms with Gasteiger partial charge in [-0.1, -0.05) is 0 Å². The second-order valence-corrected chi connectivity index (χ2v) is 5.51. The first-order valence-electron chi connectivity index (χ1n) is 7.55. The van der Waals surface area contributed by atoms with Crippen LogP contribution in [0.1, 0.15) is 6.42 Å². The van der Waals surface area contributed by atoms with Gasteiger partial charge in [0.1, 0.15) is 11.5 Å². The van der Waals surface area contributed by atoms with Gasteiger partial charge in [-0.25, -0.2) is 4.90 Å². The first-order valence-corrected chi connectivity index (χ1v) is 7.55. The van der Waals surface area contributed by atoms with Crippen molar-refractivity contribution in [2.24, 2.45) is 0 Å². The highest BCUT2D eigenvalue weighted by atomic mass is 16.5. The molecule has 0 radical (unpaired) electrons. The van der Waals surface area contributed by atoms with Crippen LogP contribution in [0.4, 0.5) is 5.69 Å². The molecule has 1 aromatic carbocycles. The highest BCUT2D eigenvalue weighted by Gasteiger charge is 2.43. The molecule has 3 rings (SSSR count). The lowest BCUT2D eigenvalue weighted by molar-refractivity contribution is -0.123. The maximum Gasteiger partial charge on any atom is 0.251 e. The molecule has 23 heavy (non-hydrogen) atoms. The number of ether oxygens (including phenoxy) is 3. The highest BCUT2D eigenvalue weighted by Crippen LogP contribution is 2.32. The van der Waals surface area contributed by atoms with E-state index in [-0.39, 0.29) is 18.2 Å². The Hall–Kier alpha value is -2.12. The Kier molecular flexibility index (Phi) is 4.49. The Bertz CT molecular complexity index is 590. The van der Waals surface area contributed by atoms with Crippen LogP contribution in [0, 0.1) is 0 Å². The van der Waals surface area contributed by atoms with E-state index in [0.717, 1.165) is 0 Å². The molecule has 0 aromatic heterocycles. The summed E-state index contributed by atoms with van der Waals surface area (Å²) in [5.41, 5.74) is 0.479. The number of nitrogens with zero attached hydrogens (tertiary/aromatic N) is 2. The Balaban J connectivity index is 1.87. The summed E-state index contributed by atoms with van der Waals surface area (Å²) in [6.45, 7) is 2.51. The maximum absolute atomic E-state index is 12.8. The van der Waals surface area contributed by atoms with E-state index in [4.69, 9.17) is 14.2 Å². The Morgan fingerprint density at radius 2 is 1.65 bits per heavy atom. The summed E-state index contributed by atoms with van der Waals surface area (Å²) in [6.07, 6.45) is 0.193. The van der Waals surface area contributed by atoms with Gasteiger partial charge in [0.15, 0.2) is 0 Å². The molecular weight excluding hydrogens is 300 g/mol. The number of methoxy groups -OCH3 is 2. The van der Waals surface area contributed by atoms with Crippen LogP contribution < -0.4 is 14.4 Å². The van der Waals surface area contributed by atoms with E-state index in [1.54, 1.807) is 18.2 Å². The summed E-state index contributed by atoms with van der Waals surface area (Å²) in [5, 5.41) is 0. The lowest BCUT2D eigenvalue weighted by Crippen LogP contribution is -2.47. The fourth-order valence-electron chi connectivity index (χ4n) is 2.98. The van der Waals surface area contributed by atoms with Gasteiger partial charge in [0.25, 0.3) is 5.91 Å². The monoisotopic (exact) mass is 320 g/mol. The number of amides is 2. The quantitative estimate of drug-likeness (QED) is 0.760. The molecule has 0 N–H and O–H groups in total. The third-order valence-corrected chi connectivity index (χ3v) is 4.20. The summed E-state index contributed by atoms with van der Waals surface area (Å²) in [6, 6.07) is 4.62. The number of anilines is 1. The van der Waals surface area contributed by atoms with E-state index in [1.807, 2.05) is 4.90 Å². The van der Waals surface area contributed by atoms with E-state index in [0.29, 0.717) is 43.5 Å². The van der Waals surface area contributed by atoms with Crippen molar-refractivity contribution in [2.45, 2.75) is 12.5 Å². The van der Waals surface area contributed by atoms with Gasteiger partial charge in [-0.15, -0.1) is 0 Å². The molecule has 1 atom stereocenters.